The van der Waals surface area contributed by atoms with E-state index in [1.807, 2.05) is 0 Å². The second kappa shape index (κ2) is 11.1. The molecule has 0 fully saturated rings. The third-order valence-corrected chi connectivity index (χ3v) is 6.25. The van der Waals surface area contributed by atoms with Gasteiger partial charge in [-0.3, -0.25) is 0 Å². The molecule has 0 bridgehead atoms. The van der Waals surface area contributed by atoms with Crippen molar-refractivity contribution in [3.63, 3.8) is 0 Å². The molecule has 3 rings (SSSR count). The molecule has 0 aliphatic heterocycles. The number of hydrogen-bond acceptors (Lipinski definition) is 0. The zero-order chi connectivity index (χ0) is 25.2. The van der Waals surface area contributed by atoms with Crippen LogP contribution in [0.5, 0.6) is 0 Å². The van der Waals surface area contributed by atoms with Crippen molar-refractivity contribution in [1.82, 2.24) is 0 Å². The van der Waals surface area contributed by atoms with Gasteiger partial charge in [0.2, 0.25) is 0 Å². The molecule has 0 saturated heterocycles. The first-order valence-electron chi connectivity index (χ1n) is 12.0. The van der Waals surface area contributed by atoms with E-state index in [0.717, 1.165) is 6.42 Å². The molecule has 33 heavy (non-hydrogen) atoms. The van der Waals surface area contributed by atoms with E-state index >= 15 is 0 Å². The zero-order valence-corrected chi connectivity index (χ0v) is 26.2. The van der Waals surface area contributed by atoms with Crippen LogP contribution < -0.4 is 0 Å². The molecule has 180 valence electrons. The second-order valence-corrected chi connectivity index (χ2v) is 16.0. The SMILES string of the molecule is CCCc1cc2c(-c3cc(C(C)(C)C)cc(C(C)(C)C)c3)c(C(C)(C)C)ccc2[cH-]1.[Cl][Zr][Cl]. The van der Waals surface area contributed by atoms with Crippen LogP contribution in [0.1, 0.15) is 97.9 Å². The Kier molecular flexibility index (Phi) is 9.63. The van der Waals surface area contributed by atoms with Crippen LogP contribution in [0, 0.1) is 0 Å². The molecule has 0 N–H and O–H groups in total. The summed E-state index contributed by atoms with van der Waals surface area (Å²) in [6.07, 6.45) is 2.33. The molecular weight excluding hydrogens is 522 g/mol. The minimum atomic E-state index is -0.826. The van der Waals surface area contributed by atoms with Gasteiger partial charge >= 0.3 is 37.9 Å². The molecule has 0 saturated carbocycles. The molecule has 3 aromatic rings. The summed E-state index contributed by atoms with van der Waals surface area (Å²) in [7, 11) is 9.87. The predicted molar refractivity (Wildman–Crippen MR) is 147 cm³/mol. The van der Waals surface area contributed by atoms with E-state index in [4.69, 9.17) is 17.0 Å². The first-order chi connectivity index (χ1) is 15.1. The summed E-state index contributed by atoms with van der Waals surface area (Å²) in [5, 5.41) is 2.79. The summed E-state index contributed by atoms with van der Waals surface area (Å²) < 4.78 is 0. The van der Waals surface area contributed by atoms with Gasteiger partial charge in [-0.2, -0.15) is 6.07 Å². The van der Waals surface area contributed by atoms with Gasteiger partial charge in [-0.15, -0.1) is 34.5 Å². The van der Waals surface area contributed by atoms with E-state index in [0.29, 0.717) is 0 Å². The van der Waals surface area contributed by atoms with Crippen LogP contribution in [0.2, 0.25) is 0 Å². The summed E-state index contributed by atoms with van der Waals surface area (Å²) >= 11 is -0.826. The van der Waals surface area contributed by atoms with E-state index in [1.165, 1.54) is 50.6 Å². The molecular formula is C30H41Cl2Zr-. The van der Waals surface area contributed by atoms with Crippen molar-refractivity contribution >= 4 is 27.8 Å². The Morgan fingerprint density at radius 1 is 0.758 bits per heavy atom. The van der Waals surface area contributed by atoms with Crippen LogP contribution in [-0.4, -0.2) is 0 Å². The number of aryl methyl sites for hydroxylation is 1. The average molecular weight is 564 g/mol. The number of rotatable bonds is 3. The van der Waals surface area contributed by atoms with E-state index in [2.05, 4.69) is 112 Å². The topological polar surface area (TPSA) is 0 Å². The van der Waals surface area contributed by atoms with Crippen LogP contribution in [0.25, 0.3) is 21.9 Å². The number of fused-ring (bicyclic) bond motifs is 1. The van der Waals surface area contributed by atoms with Crippen molar-refractivity contribution < 1.29 is 20.8 Å². The Hall–Kier alpha value is -0.487. The Balaban J connectivity index is 0.00000122. The zero-order valence-electron chi connectivity index (χ0n) is 22.2. The van der Waals surface area contributed by atoms with Gasteiger partial charge in [0.1, 0.15) is 0 Å². The monoisotopic (exact) mass is 561 g/mol. The number of benzene rings is 2. The van der Waals surface area contributed by atoms with E-state index < -0.39 is 20.8 Å². The summed E-state index contributed by atoms with van der Waals surface area (Å²) in [6.45, 7) is 23.2. The number of hydrogen-bond donors (Lipinski definition) is 0. The molecule has 0 aliphatic rings. The van der Waals surface area contributed by atoms with Gasteiger partial charge in [0.25, 0.3) is 0 Å². The molecule has 0 amide bonds. The molecule has 0 nitrogen and oxygen atoms in total. The summed E-state index contributed by atoms with van der Waals surface area (Å²) in [6, 6.07) is 16.9. The van der Waals surface area contributed by atoms with E-state index in [9.17, 15) is 0 Å². The van der Waals surface area contributed by atoms with Crippen LogP contribution in [0.3, 0.4) is 0 Å². The van der Waals surface area contributed by atoms with Crippen LogP contribution in [0.4, 0.5) is 0 Å². The third-order valence-electron chi connectivity index (χ3n) is 6.25. The molecule has 3 heteroatoms. The van der Waals surface area contributed by atoms with E-state index in [1.54, 1.807) is 0 Å². The third kappa shape index (κ3) is 7.25. The second-order valence-electron chi connectivity index (χ2n) is 12.2. The van der Waals surface area contributed by atoms with Gasteiger partial charge in [-0.25, -0.2) is 0 Å². The average Bonchev–Trinajstić information content (AvgIpc) is 3.08. The van der Waals surface area contributed by atoms with Gasteiger partial charge < -0.3 is 0 Å². The molecule has 0 unspecified atom stereocenters. The summed E-state index contributed by atoms with van der Waals surface area (Å²) in [4.78, 5) is 0. The standard InChI is InChI=1S/C30H41.2ClH.Zr/c1-11-12-20-15-21-13-14-26(30(8,9)10)27(25(21)16-20)22-17-23(28(2,3)4)19-24(18-22)29(5,6)7;;;/h13-19H,11-12H2,1-10H3;2*1H;/q-1;;;+2/p-2. The maximum atomic E-state index is 4.93. The van der Waals surface area contributed by atoms with Crippen molar-refractivity contribution in [2.75, 3.05) is 0 Å². The summed E-state index contributed by atoms with van der Waals surface area (Å²) in [5.74, 6) is 0. The Labute approximate surface area is 221 Å². The van der Waals surface area contributed by atoms with Gasteiger partial charge in [0.15, 0.2) is 0 Å². The van der Waals surface area contributed by atoms with Gasteiger partial charge in [0.05, 0.1) is 0 Å². The fraction of sp³-hybridized carbons (Fsp3) is 0.500. The first-order valence-corrected chi connectivity index (χ1v) is 18.3. The fourth-order valence-corrected chi connectivity index (χ4v) is 4.35. The van der Waals surface area contributed by atoms with Crippen molar-refractivity contribution in [2.45, 2.75) is 98.3 Å². The summed E-state index contributed by atoms with van der Waals surface area (Å²) in [5.41, 5.74) is 8.86. The van der Waals surface area contributed by atoms with Crippen LogP contribution in [0.15, 0.2) is 42.5 Å². The van der Waals surface area contributed by atoms with Gasteiger partial charge in [-0.1, -0.05) is 105 Å². The Morgan fingerprint density at radius 2 is 1.27 bits per heavy atom. The van der Waals surface area contributed by atoms with Crippen LogP contribution >= 0.6 is 17.0 Å². The Bertz CT molecular complexity index is 1040. The van der Waals surface area contributed by atoms with E-state index in [-0.39, 0.29) is 16.2 Å². The molecule has 0 aliphatic carbocycles. The van der Waals surface area contributed by atoms with Crippen molar-refractivity contribution in [1.29, 1.82) is 0 Å². The van der Waals surface area contributed by atoms with Gasteiger partial charge in [0, 0.05) is 0 Å². The fourth-order valence-electron chi connectivity index (χ4n) is 4.35. The first kappa shape index (κ1) is 28.7. The molecule has 0 radical (unpaired) electrons. The quantitative estimate of drug-likeness (QED) is 0.278. The van der Waals surface area contributed by atoms with Crippen molar-refractivity contribution in [2.24, 2.45) is 0 Å². The van der Waals surface area contributed by atoms with Gasteiger partial charge in [-0.05, 0) is 39.4 Å². The van der Waals surface area contributed by atoms with Crippen molar-refractivity contribution in [3.8, 4) is 11.1 Å². The Morgan fingerprint density at radius 3 is 1.70 bits per heavy atom. The molecule has 3 aromatic carbocycles. The molecule has 0 atom stereocenters. The van der Waals surface area contributed by atoms with Crippen LogP contribution in [-0.2, 0) is 43.5 Å². The minimum absolute atomic E-state index is 0.0886. The maximum absolute atomic E-state index is 4.93. The molecule has 0 heterocycles. The molecule has 0 aromatic heterocycles. The number of halogens is 2. The van der Waals surface area contributed by atoms with Crippen molar-refractivity contribution in [3.05, 3.63) is 64.7 Å². The molecule has 0 spiro atoms. The predicted octanol–water partition coefficient (Wildman–Crippen LogP) is 10.4. The normalized spacial score (nSPS) is 12.5.